The Balaban J connectivity index is 1.24. The molecule has 0 saturated carbocycles. The topological polar surface area (TPSA) is 87.9 Å². The van der Waals surface area contributed by atoms with Crippen LogP contribution in [0.3, 0.4) is 0 Å². The molecule has 0 aliphatic carbocycles. The first kappa shape index (κ1) is 22.7. The molecule has 5 rings (SSSR count). The number of likely N-dealkylation sites (tertiary alicyclic amines) is 1. The highest BCUT2D eigenvalue weighted by Gasteiger charge is 2.42. The third-order valence-electron chi connectivity index (χ3n) is 6.65. The number of fused-ring (bicyclic) bond motifs is 3. The number of hydrogen-bond donors (Lipinski definition) is 0. The van der Waals surface area contributed by atoms with E-state index in [4.69, 9.17) is 0 Å². The summed E-state index contributed by atoms with van der Waals surface area (Å²) < 4.78 is 54.4. The van der Waals surface area contributed by atoms with Gasteiger partial charge in [-0.25, -0.2) is 27.2 Å². The molecule has 2 fully saturated rings. The summed E-state index contributed by atoms with van der Waals surface area (Å²) in [7, 11) is -3.68. The maximum absolute atomic E-state index is 13.5. The quantitative estimate of drug-likeness (QED) is 0.529. The summed E-state index contributed by atoms with van der Waals surface area (Å²) in [6.45, 7) is 1.76. The molecule has 3 aromatic heterocycles. The van der Waals surface area contributed by atoms with Gasteiger partial charge in [0.25, 0.3) is 5.92 Å². The number of aromatic nitrogens is 3. The van der Waals surface area contributed by atoms with Gasteiger partial charge in [0.2, 0.25) is 5.91 Å². The molecule has 0 spiro atoms. The monoisotopic (exact) mass is 489 g/mol. The van der Waals surface area contributed by atoms with Crippen LogP contribution in [0.15, 0.2) is 53.9 Å². The number of imidazole rings is 1. The Morgan fingerprint density at radius 2 is 1.85 bits per heavy atom. The third kappa shape index (κ3) is 4.13. The summed E-state index contributed by atoms with van der Waals surface area (Å²) >= 11 is 0. The standard InChI is InChI=1S/C23H25F2N5O3S/c1-23(24,25)16-5-8-20(27-13-16)30-17-6-7-18(30)15-28(14-17)21(31)9-12-34(32,33)22-4-2-3-19-26-10-11-29(19)22/h2-5,8,10-11,13,17-18H,6-7,9,12,14-15H2,1H3. The Labute approximate surface area is 196 Å². The molecule has 0 radical (unpaired) electrons. The van der Waals surface area contributed by atoms with E-state index in [2.05, 4.69) is 14.9 Å². The molecule has 34 heavy (non-hydrogen) atoms. The van der Waals surface area contributed by atoms with E-state index in [1.54, 1.807) is 29.3 Å². The van der Waals surface area contributed by atoms with E-state index in [1.807, 2.05) is 0 Å². The van der Waals surface area contributed by atoms with Crippen LogP contribution in [0.25, 0.3) is 5.65 Å². The molecule has 5 heterocycles. The fourth-order valence-electron chi connectivity index (χ4n) is 4.94. The van der Waals surface area contributed by atoms with Gasteiger partial charge in [0.1, 0.15) is 16.5 Å². The van der Waals surface area contributed by atoms with Gasteiger partial charge >= 0.3 is 0 Å². The van der Waals surface area contributed by atoms with Gasteiger partial charge in [0.05, 0.1) is 5.75 Å². The maximum Gasteiger partial charge on any atom is 0.272 e. The van der Waals surface area contributed by atoms with E-state index >= 15 is 0 Å². The molecule has 2 aliphatic rings. The average Bonchev–Trinajstić information content (AvgIpc) is 3.38. The minimum atomic E-state index is -3.68. The second-order valence-electron chi connectivity index (χ2n) is 8.97. The molecule has 11 heteroatoms. The first-order valence-corrected chi connectivity index (χ1v) is 12.8. The van der Waals surface area contributed by atoms with Crippen molar-refractivity contribution in [2.75, 3.05) is 23.7 Å². The Morgan fingerprint density at radius 3 is 2.50 bits per heavy atom. The van der Waals surface area contributed by atoms with Gasteiger partial charge in [-0.15, -0.1) is 0 Å². The summed E-state index contributed by atoms with van der Waals surface area (Å²) in [5, 5.41) is 0.118. The van der Waals surface area contributed by atoms with Crippen molar-refractivity contribution in [3.8, 4) is 0 Å². The number of piperazine rings is 1. The van der Waals surface area contributed by atoms with E-state index < -0.39 is 15.8 Å². The molecule has 180 valence electrons. The van der Waals surface area contributed by atoms with Crippen molar-refractivity contribution < 1.29 is 22.0 Å². The van der Waals surface area contributed by atoms with Gasteiger partial charge < -0.3 is 9.80 Å². The SMILES string of the molecule is CC(F)(F)c1ccc(N2C3CCC2CN(C(=O)CCS(=O)(=O)c2cccc4nccn24)C3)nc1. The summed E-state index contributed by atoms with van der Waals surface area (Å²) in [6.07, 6.45) is 5.95. The zero-order valence-electron chi connectivity index (χ0n) is 18.6. The first-order valence-electron chi connectivity index (χ1n) is 11.2. The lowest BCUT2D eigenvalue weighted by Gasteiger charge is -2.42. The van der Waals surface area contributed by atoms with Crippen molar-refractivity contribution in [3.05, 3.63) is 54.5 Å². The zero-order chi connectivity index (χ0) is 24.1. The van der Waals surface area contributed by atoms with E-state index in [-0.39, 0.29) is 40.8 Å². The molecule has 0 N–H and O–H groups in total. The molecule has 3 aromatic rings. The summed E-state index contributed by atoms with van der Waals surface area (Å²) in [5.41, 5.74) is 0.398. The molecule has 2 unspecified atom stereocenters. The minimum Gasteiger partial charge on any atom is -0.347 e. The molecule has 8 nitrogen and oxygen atoms in total. The van der Waals surface area contributed by atoms with Crippen molar-refractivity contribution in [1.29, 1.82) is 0 Å². The smallest absolute Gasteiger partial charge is 0.272 e. The number of alkyl halides is 2. The second kappa shape index (κ2) is 8.30. The van der Waals surface area contributed by atoms with E-state index in [1.165, 1.54) is 28.9 Å². The van der Waals surface area contributed by atoms with Crippen molar-refractivity contribution in [3.63, 3.8) is 0 Å². The minimum absolute atomic E-state index is 0.0273. The summed E-state index contributed by atoms with van der Waals surface area (Å²) in [5.74, 6) is -2.80. The fourth-order valence-corrected chi connectivity index (χ4v) is 6.33. The van der Waals surface area contributed by atoms with Crippen molar-refractivity contribution in [1.82, 2.24) is 19.3 Å². The third-order valence-corrected chi connectivity index (χ3v) is 8.36. The lowest BCUT2D eigenvalue weighted by Crippen LogP contribution is -2.55. The Hall–Kier alpha value is -3.08. The maximum atomic E-state index is 13.5. The molecule has 2 atom stereocenters. The van der Waals surface area contributed by atoms with Crippen LogP contribution in [0.2, 0.25) is 0 Å². The normalized spacial score (nSPS) is 20.8. The molecule has 2 aliphatic heterocycles. The number of carbonyl (C=O) groups excluding carboxylic acids is 1. The molecular formula is C23H25F2N5O3S. The summed E-state index contributed by atoms with van der Waals surface area (Å²) in [4.78, 5) is 25.1. The molecule has 2 saturated heterocycles. The van der Waals surface area contributed by atoms with Gasteiger partial charge in [-0.05, 0) is 37.1 Å². The van der Waals surface area contributed by atoms with Crippen LogP contribution in [0, 0.1) is 0 Å². The number of carbonyl (C=O) groups is 1. The summed E-state index contributed by atoms with van der Waals surface area (Å²) in [6, 6.07) is 7.93. The Bertz CT molecular complexity index is 1310. The Kier molecular flexibility index (Phi) is 5.54. The highest BCUT2D eigenvalue weighted by Crippen LogP contribution is 2.35. The zero-order valence-corrected chi connectivity index (χ0v) is 19.5. The predicted molar refractivity (Wildman–Crippen MR) is 122 cm³/mol. The molecular weight excluding hydrogens is 464 g/mol. The molecule has 1 amide bonds. The number of sulfone groups is 1. The fraction of sp³-hybridized carbons (Fsp3) is 0.435. The number of halogens is 2. The second-order valence-corrected chi connectivity index (χ2v) is 11.0. The lowest BCUT2D eigenvalue weighted by molar-refractivity contribution is -0.131. The molecule has 2 bridgehead atoms. The van der Waals surface area contributed by atoms with Crippen LogP contribution >= 0.6 is 0 Å². The number of hydrogen-bond acceptors (Lipinski definition) is 6. The van der Waals surface area contributed by atoms with Crippen LogP contribution < -0.4 is 4.90 Å². The molecule has 0 aromatic carbocycles. The predicted octanol–water partition coefficient (Wildman–Crippen LogP) is 2.88. The van der Waals surface area contributed by atoms with Gasteiger partial charge in [-0.2, -0.15) is 0 Å². The number of pyridine rings is 2. The van der Waals surface area contributed by atoms with Crippen LogP contribution in [0.4, 0.5) is 14.6 Å². The van der Waals surface area contributed by atoms with Crippen molar-refractivity contribution in [2.24, 2.45) is 0 Å². The van der Waals surface area contributed by atoms with Crippen LogP contribution in [0.5, 0.6) is 0 Å². The van der Waals surface area contributed by atoms with Gasteiger partial charge in [-0.3, -0.25) is 9.20 Å². The van der Waals surface area contributed by atoms with Crippen LogP contribution in [-0.4, -0.2) is 64.5 Å². The highest BCUT2D eigenvalue weighted by atomic mass is 32.2. The first-order chi connectivity index (χ1) is 16.1. The van der Waals surface area contributed by atoms with Crippen LogP contribution in [0.1, 0.15) is 31.7 Å². The van der Waals surface area contributed by atoms with E-state index in [0.717, 1.165) is 19.8 Å². The van der Waals surface area contributed by atoms with Crippen LogP contribution in [-0.2, 0) is 20.6 Å². The number of amides is 1. The number of nitrogens with zero attached hydrogens (tertiary/aromatic N) is 5. The van der Waals surface area contributed by atoms with Gasteiger partial charge in [0, 0.05) is 62.7 Å². The lowest BCUT2D eigenvalue weighted by atomic mass is 10.1. The number of anilines is 1. The average molecular weight is 490 g/mol. The van der Waals surface area contributed by atoms with Gasteiger partial charge in [0.15, 0.2) is 9.84 Å². The van der Waals surface area contributed by atoms with E-state index in [0.29, 0.717) is 24.6 Å². The highest BCUT2D eigenvalue weighted by molar-refractivity contribution is 7.91. The van der Waals surface area contributed by atoms with Crippen molar-refractivity contribution >= 4 is 27.2 Å². The Morgan fingerprint density at radius 1 is 1.12 bits per heavy atom. The van der Waals surface area contributed by atoms with E-state index in [9.17, 15) is 22.0 Å². The number of rotatable bonds is 6. The van der Waals surface area contributed by atoms with Gasteiger partial charge in [-0.1, -0.05) is 6.07 Å². The van der Waals surface area contributed by atoms with Crippen molar-refractivity contribution in [2.45, 2.75) is 49.2 Å². The largest absolute Gasteiger partial charge is 0.347 e.